The van der Waals surface area contributed by atoms with Gasteiger partial charge in [0.1, 0.15) is 5.75 Å². The number of ether oxygens (including phenoxy) is 1. The van der Waals surface area contributed by atoms with Crippen LogP contribution in [0.25, 0.3) is 0 Å². The van der Waals surface area contributed by atoms with Crippen molar-refractivity contribution < 1.29 is 19.4 Å². The molecule has 0 aromatic heterocycles. The molecule has 23 heavy (non-hydrogen) atoms. The number of urea groups is 1. The number of anilines is 1. The molecule has 1 aromatic rings. The lowest BCUT2D eigenvalue weighted by molar-refractivity contribution is -0.142. The van der Waals surface area contributed by atoms with Crippen LogP contribution in [-0.2, 0) is 4.79 Å². The Bertz CT molecular complexity index is 566. The highest BCUT2D eigenvalue weighted by Crippen LogP contribution is 2.25. The SMILES string of the molecule is CCOc1cc(NC(=O)NC2CCC(C(=O)O)CC2)ccc1C. The lowest BCUT2D eigenvalue weighted by Gasteiger charge is -2.26. The Morgan fingerprint density at radius 2 is 1.96 bits per heavy atom. The standard InChI is InChI=1S/C17H24N2O4/c1-3-23-15-10-14(7-4-11(15)2)19-17(22)18-13-8-5-12(6-9-13)16(20)21/h4,7,10,12-13H,3,5-6,8-9H2,1-2H3,(H,20,21)(H2,18,19,22). The first-order valence-corrected chi connectivity index (χ1v) is 8.03. The van der Waals surface area contributed by atoms with Crippen LogP contribution in [0.4, 0.5) is 10.5 Å². The fourth-order valence-electron chi connectivity index (χ4n) is 2.83. The van der Waals surface area contributed by atoms with Crippen molar-refractivity contribution in [1.29, 1.82) is 0 Å². The van der Waals surface area contributed by atoms with Crippen LogP contribution in [0.3, 0.4) is 0 Å². The molecule has 1 aliphatic carbocycles. The monoisotopic (exact) mass is 320 g/mol. The van der Waals surface area contributed by atoms with E-state index in [1.165, 1.54) is 0 Å². The summed E-state index contributed by atoms with van der Waals surface area (Å²) in [6.45, 7) is 4.44. The molecule has 6 nitrogen and oxygen atoms in total. The third-order valence-electron chi connectivity index (χ3n) is 4.16. The summed E-state index contributed by atoms with van der Waals surface area (Å²) < 4.78 is 5.52. The molecule has 1 fully saturated rings. The van der Waals surface area contributed by atoms with E-state index in [1.807, 2.05) is 26.0 Å². The number of carbonyl (C=O) groups is 2. The van der Waals surface area contributed by atoms with Crippen LogP contribution in [0, 0.1) is 12.8 Å². The molecular weight excluding hydrogens is 296 g/mol. The minimum absolute atomic E-state index is 0.0300. The van der Waals surface area contributed by atoms with E-state index in [2.05, 4.69) is 10.6 Å². The molecule has 126 valence electrons. The maximum Gasteiger partial charge on any atom is 0.319 e. The Balaban J connectivity index is 1.85. The minimum Gasteiger partial charge on any atom is -0.494 e. The summed E-state index contributed by atoms with van der Waals surface area (Å²) >= 11 is 0. The molecule has 3 N–H and O–H groups in total. The number of rotatable bonds is 5. The van der Waals surface area contributed by atoms with E-state index >= 15 is 0 Å². The van der Waals surface area contributed by atoms with Gasteiger partial charge in [0.25, 0.3) is 0 Å². The Morgan fingerprint density at radius 3 is 2.57 bits per heavy atom. The molecule has 0 spiro atoms. The number of benzene rings is 1. The van der Waals surface area contributed by atoms with Gasteiger partial charge < -0.3 is 20.5 Å². The van der Waals surface area contributed by atoms with E-state index in [0.29, 0.717) is 38.0 Å². The zero-order valence-electron chi connectivity index (χ0n) is 13.6. The van der Waals surface area contributed by atoms with Crippen molar-refractivity contribution in [2.24, 2.45) is 5.92 Å². The van der Waals surface area contributed by atoms with Gasteiger partial charge >= 0.3 is 12.0 Å². The molecule has 0 bridgehead atoms. The average molecular weight is 320 g/mol. The van der Waals surface area contributed by atoms with Crippen LogP contribution < -0.4 is 15.4 Å². The van der Waals surface area contributed by atoms with Crippen LogP contribution in [0.2, 0.25) is 0 Å². The third kappa shape index (κ3) is 4.87. The van der Waals surface area contributed by atoms with Crippen molar-refractivity contribution in [1.82, 2.24) is 5.32 Å². The van der Waals surface area contributed by atoms with Gasteiger partial charge in [0.15, 0.2) is 0 Å². The fraction of sp³-hybridized carbons (Fsp3) is 0.529. The first-order valence-electron chi connectivity index (χ1n) is 8.03. The first kappa shape index (κ1) is 17.1. The lowest BCUT2D eigenvalue weighted by atomic mass is 9.86. The van der Waals surface area contributed by atoms with Crippen LogP contribution in [0.1, 0.15) is 38.2 Å². The van der Waals surface area contributed by atoms with Gasteiger partial charge in [-0.1, -0.05) is 6.07 Å². The molecule has 0 radical (unpaired) electrons. The highest BCUT2D eigenvalue weighted by Gasteiger charge is 2.26. The summed E-state index contributed by atoms with van der Waals surface area (Å²) in [5, 5.41) is 14.7. The molecule has 0 heterocycles. The number of carboxylic acids is 1. The topological polar surface area (TPSA) is 87.7 Å². The molecule has 6 heteroatoms. The number of hydrogen-bond donors (Lipinski definition) is 3. The van der Waals surface area contributed by atoms with E-state index in [9.17, 15) is 9.59 Å². The third-order valence-corrected chi connectivity index (χ3v) is 4.16. The van der Waals surface area contributed by atoms with Crippen molar-refractivity contribution in [3.63, 3.8) is 0 Å². The van der Waals surface area contributed by atoms with E-state index < -0.39 is 5.97 Å². The zero-order valence-corrected chi connectivity index (χ0v) is 13.6. The molecule has 0 aliphatic heterocycles. The Hall–Kier alpha value is -2.24. The second-order valence-corrected chi connectivity index (χ2v) is 5.90. The van der Waals surface area contributed by atoms with Gasteiger partial charge in [0, 0.05) is 17.8 Å². The van der Waals surface area contributed by atoms with Gasteiger partial charge in [-0.15, -0.1) is 0 Å². The van der Waals surface area contributed by atoms with Gasteiger partial charge in [0.05, 0.1) is 12.5 Å². The van der Waals surface area contributed by atoms with Crippen molar-refractivity contribution >= 4 is 17.7 Å². The van der Waals surface area contributed by atoms with Crippen molar-refractivity contribution in [3.05, 3.63) is 23.8 Å². The minimum atomic E-state index is -0.740. The van der Waals surface area contributed by atoms with E-state index in [1.54, 1.807) is 6.07 Å². The number of amides is 2. The van der Waals surface area contributed by atoms with Crippen LogP contribution in [0.5, 0.6) is 5.75 Å². The second kappa shape index (κ2) is 7.85. The first-order chi connectivity index (χ1) is 11.0. The summed E-state index contributed by atoms with van der Waals surface area (Å²) in [4.78, 5) is 23.0. The van der Waals surface area contributed by atoms with Gasteiger partial charge in [-0.2, -0.15) is 0 Å². The number of aliphatic carboxylic acids is 1. The maximum atomic E-state index is 12.1. The van der Waals surface area contributed by atoms with Gasteiger partial charge in [-0.05, 0) is 51.2 Å². The molecule has 0 saturated heterocycles. The summed E-state index contributed by atoms with van der Waals surface area (Å²) in [7, 11) is 0. The van der Waals surface area contributed by atoms with Gasteiger partial charge in [-0.25, -0.2) is 4.79 Å². The van der Waals surface area contributed by atoms with E-state index in [4.69, 9.17) is 9.84 Å². The van der Waals surface area contributed by atoms with Gasteiger partial charge in [0.2, 0.25) is 0 Å². The molecule has 1 saturated carbocycles. The number of hydrogen-bond acceptors (Lipinski definition) is 3. The predicted molar refractivity (Wildman–Crippen MR) is 87.9 cm³/mol. The van der Waals surface area contributed by atoms with Crippen LogP contribution >= 0.6 is 0 Å². The molecule has 2 amide bonds. The number of carboxylic acid groups (broad SMARTS) is 1. The highest BCUT2D eigenvalue weighted by molar-refractivity contribution is 5.89. The summed E-state index contributed by atoms with van der Waals surface area (Å²) in [6.07, 6.45) is 2.61. The molecule has 0 unspecified atom stereocenters. The van der Waals surface area contributed by atoms with Crippen molar-refractivity contribution in [2.45, 2.75) is 45.6 Å². The smallest absolute Gasteiger partial charge is 0.319 e. The molecule has 1 aromatic carbocycles. The van der Waals surface area contributed by atoms with E-state index in [0.717, 1.165) is 11.3 Å². The Morgan fingerprint density at radius 1 is 1.26 bits per heavy atom. The number of carbonyl (C=O) groups excluding carboxylic acids is 1. The van der Waals surface area contributed by atoms with Crippen molar-refractivity contribution in [3.8, 4) is 5.75 Å². The fourth-order valence-corrected chi connectivity index (χ4v) is 2.83. The van der Waals surface area contributed by atoms with E-state index in [-0.39, 0.29) is 18.0 Å². The Kier molecular flexibility index (Phi) is 5.84. The molecular formula is C17H24N2O4. The molecule has 0 atom stereocenters. The normalized spacial score (nSPS) is 20.6. The summed E-state index contributed by atoms with van der Waals surface area (Å²) in [5.41, 5.74) is 1.69. The Labute approximate surface area is 136 Å². The molecule has 1 aliphatic rings. The summed E-state index contributed by atoms with van der Waals surface area (Å²) in [6, 6.07) is 5.30. The van der Waals surface area contributed by atoms with Gasteiger partial charge in [-0.3, -0.25) is 4.79 Å². The average Bonchev–Trinajstić information content (AvgIpc) is 2.51. The lowest BCUT2D eigenvalue weighted by Crippen LogP contribution is -2.40. The molecule has 2 rings (SSSR count). The van der Waals surface area contributed by atoms with Crippen LogP contribution in [0.15, 0.2) is 18.2 Å². The highest BCUT2D eigenvalue weighted by atomic mass is 16.5. The second-order valence-electron chi connectivity index (χ2n) is 5.90. The van der Waals surface area contributed by atoms with Crippen LogP contribution in [-0.4, -0.2) is 29.8 Å². The number of aryl methyl sites for hydroxylation is 1. The number of nitrogens with one attached hydrogen (secondary N) is 2. The zero-order chi connectivity index (χ0) is 16.8. The quantitative estimate of drug-likeness (QED) is 0.777. The van der Waals surface area contributed by atoms with Crippen molar-refractivity contribution in [2.75, 3.05) is 11.9 Å². The summed E-state index contributed by atoms with van der Waals surface area (Å²) in [5.74, 6) is -0.259. The predicted octanol–water partition coefficient (Wildman–Crippen LogP) is 3.16. The maximum absolute atomic E-state index is 12.1. The largest absolute Gasteiger partial charge is 0.494 e.